The van der Waals surface area contributed by atoms with Crippen molar-refractivity contribution >= 4 is 27.8 Å². The average Bonchev–Trinajstić information content (AvgIpc) is 2.99. The number of fused-ring (bicyclic) bond motifs is 1. The van der Waals surface area contributed by atoms with Gasteiger partial charge < -0.3 is 9.64 Å². The number of carbonyl (C=O) groups is 1. The van der Waals surface area contributed by atoms with Crippen LogP contribution in [0.3, 0.4) is 0 Å². The summed E-state index contributed by atoms with van der Waals surface area (Å²) in [5, 5.41) is 8.71. The fourth-order valence-electron chi connectivity index (χ4n) is 3.66. The van der Waals surface area contributed by atoms with Crippen molar-refractivity contribution < 1.29 is 9.53 Å². The number of ketones is 1. The number of hydrogen-bond donors (Lipinski definition) is 0. The van der Waals surface area contributed by atoms with Crippen LogP contribution in [0.5, 0.6) is 5.75 Å². The minimum absolute atomic E-state index is 0.0561. The van der Waals surface area contributed by atoms with E-state index in [0.717, 1.165) is 47.0 Å². The highest BCUT2D eigenvalue weighted by molar-refractivity contribution is 9.10. The lowest BCUT2D eigenvalue weighted by atomic mass is 9.92. The van der Waals surface area contributed by atoms with Crippen molar-refractivity contribution in [3.05, 3.63) is 33.3 Å². The molecule has 0 amide bonds. The molecule has 0 unspecified atom stereocenters. The number of ether oxygens (including phenoxy) is 1. The Labute approximate surface area is 157 Å². The van der Waals surface area contributed by atoms with Gasteiger partial charge >= 0.3 is 0 Å². The normalized spacial score (nSPS) is 22.3. The van der Waals surface area contributed by atoms with Gasteiger partial charge in [-0.3, -0.25) is 4.79 Å². The smallest absolute Gasteiger partial charge is 0.173 e. The van der Waals surface area contributed by atoms with Crippen molar-refractivity contribution in [2.45, 2.75) is 50.7 Å². The first-order valence-corrected chi connectivity index (χ1v) is 9.53. The van der Waals surface area contributed by atoms with Crippen LogP contribution >= 0.6 is 15.9 Å². The van der Waals surface area contributed by atoms with E-state index in [-0.39, 0.29) is 18.3 Å². The molecule has 0 aliphatic heterocycles. The first-order valence-electron chi connectivity index (χ1n) is 8.74. The van der Waals surface area contributed by atoms with Crippen LogP contribution in [-0.2, 0) is 11.2 Å². The molecule has 1 saturated carbocycles. The second-order valence-corrected chi connectivity index (χ2v) is 7.95. The average molecular weight is 403 g/mol. The van der Waals surface area contributed by atoms with Gasteiger partial charge in [-0.2, -0.15) is 5.26 Å². The minimum atomic E-state index is -0.0840. The lowest BCUT2D eigenvalue weighted by Crippen LogP contribution is -2.35. The van der Waals surface area contributed by atoms with Crippen LogP contribution in [0.15, 0.2) is 22.2 Å². The summed E-state index contributed by atoms with van der Waals surface area (Å²) < 4.78 is 7.18. The van der Waals surface area contributed by atoms with Crippen LogP contribution in [0.25, 0.3) is 6.08 Å². The van der Waals surface area contributed by atoms with Gasteiger partial charge in [0.1, 0.15) is 5.75 Å². The van der Waals surface area contributed by atoms with Crippen molar-refractivity contribution in [3.8, 4) is 11.8 Å². The SMILES string of the molecule is CN(C)C1CCC(Oc2cc3c(cc2Br)CC(C(=O)CC#N)=C3)CC1. The van der Waals surface area contributed by atoms with Crippen LogP contribution in [0.2, 0.25) is 0 Å². The number of Topliss-reactive ketones (excluding diaryl/α,β-unsaturated/α-hetero) is 1. The van der Waals surface area contributed by atoms with Gasteiger partial charge in [-0.15, -0.1) is 0 Å². The molecule has 0 N–H and O–H groups in total. The molecule has 3 rings (SSSR count). The third-order valence-electron chi connectivity index (χ3n) is 5.17. The Bertz CT molecular complexity index is 741. The number of carbonyl (C=O) groups excluding carboxylic acids is 1. The van der Waals surface area contributed by atoms with Gasteiger partial charge in [0.15, 0.2) is 5.78 Å². The topological polar surface area (TPSA) is 53.3 Å². The number of hydrogen-bond acceptors (Lipinski definition) is 4. The predicted molar refractivity (Wildman–Crippen MR) is 101 cm³/mol. The van der Waals surface area contributed by atoms with E-state index in [4.69, 9.17) is 10.00 Å². The predicted octanol–water partition coefficient (Wildman–Crippen LogP) is 4.12. The molecule has 0 heterocycles. The summed E-state index contributed by atoms with van der Waals surface area (Å²) in [7, 11) is 4.28. The van der Waals surface area contributed by atoms with Crippen LogP contribution in [0, 0.1) is 11.3 Å². The van der Waals surface area contributed by atoms with E-state index in [1.165, 1.54) is 0 Å². The Balaban J connectivity index is 1.69. The second kappa shape index (κ2) is 7.72. The molecular formula is C20H23BrN2O2. The lowest BCUT2D eigenvalue weighted by molar-refractivity contribution is -0.114. The van der Waals surface area contributed by atoms with Gasteiger partial charge in [-0.05, 0) is 85.0 Å². The van der Waals surface area contributed by atoms with Crippen molar-refractivity contribution in [2.24, 2.45) is 0 Å². The third kappa shape index (κ3) is 4.13. The molecule has 1 aromatic rings. The number of rotatable bonds is 5. The molecule has 4 nitrogen and oxygen atoms in total. The van der Waals surface area contributed by atoms with Crippen molar-refractivity contribution in [1.82, 2.24) is 4.90 Å². The zero-order valence-electron chi connectivity index (χ0n) is 14.7. The standard InChI is InChI=1S/C20H23BrN2O2/c1-23(2)16-3-5-17(6-4-16)25-20-12-14-10-15(19(24)7-8-22)9-13(14)11-18(20)21/h10-12,16-17H,3-7,9H2,1-2H3. The minimum Gasteiger partial charge on any atom is -0.489 e. The molecule has 25 heavy (non-hydrogen) atoms. The Kier molecular flexibility index (Phi) is 5.61. The molecular weight excluding hydrogens is 380 g/mol. The van der Waals surface area contributed by atoms with Crippen LogP contribution in [0.1, 0.15) is 43.2 Å². The molecule has 0 atom stereocenters. The summed E-state index contributed by atoms with van der Waals surface area (Å²) in [6.07, 6.45) is 7.14. The summed E-state index contributed by atoms with van der Waals surface area (Å²) in [5.41, 5.74) is 2.85. The van der Waals surface area contributed by atoms with E-state index in [2.05, 4.69) is 34.9 Å². The fourth-order valence-corrected chi connectivity index (χ4v) is 4.14. The van der Waals surface area contributed by atoms with Crippen LogP contribution in [0.4, 0.5) is 0 Å². The van der Waals surface area contributed by atoms with Crippen LogP contribution in [-0.4, -0.2) is 36.9 Å². The zero-order valence-corrected chi connectivity index (χ0v) is 16.3. The van der Waals surface area contributed by atoms with E-state index in [1.54, 1.807) is 0 Å². The van der Waals surface area contributed by atoms with Crippen LogP contribution < -0.4 is 4.74 Å². The second-order valence-electron chi connectivity index (χ2n) is 7.10. The maximum atomic E-state index is 11.9. The molecule has 2 aliphatic carbocycles. The van der Waals surface area contributed by atoms with Crippen molar-refractivity contribution in [1.29, 1.82) is 5.26 Å². The molecule has 2 aliphatic rings. The highest BCUT2D eigenvalue weighted by Crippen LogP contribution is 2.37. The van der Waals surface area contributed by atoms with Crippen molar-refractivity contribution in [3.63, 3.8) is 0 Å². The van der Waals surface area contributed by atoms with E-state index in [9.17, 15) is 4.79 Å². The molecule has 0 radical (unpaired) electrons. The Morgan fingerprint density at radius 3 is 2.68 bits per heavy atom. The number of nitriles is 1. The first-order chi connectivity index (χ1) is 12.0. The Morgan fingerprint density at radius 1 is 1.32 bits per heavy atom. The third-order valence-corrected chi connectivity index (χ3v) is 5.79. The summed E-state index contributed by atoms with van der Waals surface area (Å²) in [4.78, 5) is 14.2. The Hall–Kier alpha value is -1.64. The summed E-state index contributed by atoms with van der Waals surface area (Å²) in [6.45, 7) is 0. The van der Waals surface area contributed by atoms with Gasteiger partial charge in [0.2, 0.25) is 0 Å². The largest absolute Gasteiger partial charge is 0.489 e. The lowest BCUT2D eigenvalue weighted by Gasteiger charge is -2.33. The maximum Gasteiger partial charge on any atom is 0.173 e. The zero-order chi connectivity index (χ0) is 18.0. The number of benzene rings is 1. The van der Waals surface area contributed by atoms with E-state index >= 15 is 0 Å². The molecule has 0 spiro atoms. The monoisotopic (exact) mass is 402 g/mol. The first kappa shape index (κ1) is 18.2. The molecule has 1 fully saturated rings. The van der Waals surface area contributed by atoms with E-state index in [0.29, 0.717) is 18.0 Å². The van der Waals surface area contributed by atoms with Crippen molar-refractivity contribution in [2.75, 3.05) is 14.1 Å². The number of halogens is 1. The maximum absolute atomic E-state index is 11.9. The molecule has 0 bridgehead atoms. The molecule has 5 heteroatoms. The highest BCUT2D eigenvalue weighted by Gasteiger charge is 2.25. The molecule has 0 saturated heterocycles. The van der Waals surface area contributed by atoms with Gasteiger partial charge in [0.25, 0.3) is 0 Å². The number of nitrogens with zero attached hydrogens (tertiary/aromatic N) is 2. The summed E-state index contributed by atoms with van der Waals surface area (Å²) in [5.74, 6) is 0.761. The fraction of sp³-hybridized carbons (Fsp3) is 0.500. The highest BCUT2D eigenvalue weighted by atomic mass is 79.9. The Morgan fingerprint density at radius 2 is 2.04 bits per heavy atom. The quantitative estimate of drug-likeness (QED) is 0.742. The molecule has 0 aromatic heterocycles. The number of allylic oxidation sites excluding steroid dienone is 1. The van der Waals surface area contributed by atoms with Gasteiger partial charge in [-0.25, -0.2) is 0 Å². The summed E-state index contributed by atoms with van der Waals surface area (Å²) >= 11 is 3.61. The molecule has 132 valence electrons. The van der Waals surface area contributed by atoms with Gasteiger partial charge in [0, 0.05) is 18.0 Å². The van der Waals surface area contributed by atoms with Gasteiger partial charge in [0.05, 0.1) is 23.1 Å². The summed E-state index contributed by atoms with van der Waals surface area (Å²) in [6, 6.07) is 6.64. The van der Waals surface area contributed by atoms with Gasteiger partial charge in [-0.1, -0.05) is 0 Å². The molecule has 1 aromatic carbocycles. The van der Waals surface area contributed by atoms with E-state index < -0.39 is 0 Å². The van der Waals surface area contributed by atoms with E-state index in [1.807, 2.05) is 24.3 Å².